The van der Waals surface area contributed by atoms with Crippen LogP contribution < -0.4 is 4.74 Å². The molecule has 0 saturated carbocycles. The van der Waals surface area contributed by atoms with E-state index < -0.39 is 0 Å². The number of hydrogen-bond donors (Lipinski definition) is 0. The average Bonchev–Trinajstić information content (AvgIpc) is 2.53. The Balaban J connectivity index is 1.55. The van der Waals surface area contributed by atoms with Crippen molar-refractivity contribution in [3.63, 3.8) is 0 Å². The van der Waals surface area contributed by atoms with E-state index in [0.717, 1.165) is 45.1 Å². The molecule has 116 valence electrons. The van der Waals surface area contributed by atoms with Gasteiger partial charge < -0.3 is 9.47 Å². The normalized spacial score (nSPS) is 23.3. The van der Waals surface area contributed by atoms with E-state index in [1.165, 1.54) is 18.4 Å². The van der Waals surface area contributed by atoms with E-state index in [1.807, 2.05) is 12.1 Å². The number of rotatable bonds is 3. The van der Waals surface area contributed by atoms with Gasteiger partial charge in [0.15, 0.2) is 0 Å². The van der Waals surface area contributed by atoms with Crippen LogP contribution in [-0.4, -0.2) is 62.3 Å². The van der Waals surface area contributed by atoms with Crippen molar-refractivity contribution in [3.8, 4) is 5.75 Å². The molecule has 1 spiro atoms. The lowest BCUT2D eigenvalue weighted by Crippen LogP contribution is -2.59. The lowest BCUT2D eigenvalue weighted by atomic mass is 9.85. The number of methoxy groups -OCH3 is 1. The van der Waals surface area contributed by atoms with E-state index in [1.54, 1.807) is 7.11 Å². The summed E-state index contributed by atoms with van der Waals surface area (Å²) in [7, 11) is 3.96. The Bertz CT molecular complexity index is 452. The quantitative estimate of drug-likeness (QED) is 0.850. The molecular formula is C17H26N2O2. The van der Waals surface area contributed by atoms with Crippen LogP contribution in [0.2, 0.25) is 0 Å². The number of hydrogen-bond acceptors (Lipinski definition) is 4. The minimum atomic E-state index is 0.286. The molecule has 2 fully saturated rings. The molecule has 0 aromatic heterocycles. The molecule has 0 unspecified atom stereocenters. The highest BCUT2D eigenvalue weighted by Crippen LogP contribution is 2.31. The number of ether oxygens (including phenoxy) is 2. The van der Waals surface area contributed by atoms with Crippen molar-refractivity contribution < 1.29 is 9.47 Å². The minimum absolute atomic E-state index is 0.286. The number of benzene rings is 1. The Kier molecular flexibility index (Phi) is 4.48. The van der Waals surface area contributed by atoms with E-state index in [4.69, 9.17) is 9.47 Å². The third-order valence-electron chi connectivity index (χ3n) is 5.10. The molecule has 0 amide bonds. The summed E-state index contributed by atoms with van der Waals surface area (Å²) in [5.41, 5.74) is 1.65. The molecule has 0 bridgehead atoms. The monoisotopic (exact) mass is 290 g/mol. The molecule has 0 atom stereocenters. The summed E-state index contributed by atoms with van der Waals surface area (Å²) in [6, 6.07) is 8.42. The smallest absolute Gasteiger partial charge is 0.118 e. The van der Waals surface area contributed by atoms with Crippen molar-refractivity contribution in [2.75, 3.05) is 47.0 Å². The summed E-state index contributed by atoms with van der Waals surface area (Å²) in [6.07, 6.45) is 2.42. The summed E-state index contributed by atoms with van der Waals surface area (Å²) in [6.45, 7) is 6.19. The third-order valence-corrected chi connectivity index (χ3v) is 5.10. The first-order valence-corrected chi connectivity index (χ1v) is 7.86. The van der Waals surface area contributed by atoms with Crippen molar-refractivity contribution in [2.45, 2.75) is 24.9 Å². The molecule has 2 aliphatic rings. The summed E-state index contributed by atoms with van der Waals surface area (Å²) >= 11 is 0. The fraction of sp³-hybridized carbons (Fsp3) is 0.647. The second kappa shape index (κ2) is 6.34. The second-order valence-electron chi connectivity index (χ2n) is 6.32. The van der Waals surface area contributed by atoms with Crippen LogP contribution in [0.5, 0.6) is 5.75 Å². The number of morpholine rings is 1. The SMILES string of the molecule is COc1ccc(CN2CCC3(CC2)COCCN3C)cc1. The van der Waals surface area contributed by atoms with Crippen molar-refractivity contribution >= 4 is 0 Å². The van der Waals surface area contributed by atoms with Crippen LogP contribution in [0.25, 0.3) is 0 Å². The van der Waals surface area contributed by atoms with E-state index in [0.29, 0.717) is 0 Å². The molecule has 3 rings (SSSR count). The van der Waals surface area contributed by atoms with E-state index in [-0.39, 0.29) is 5.54 Å². The van der Waals surface area contributed by atoms with Gasteiger partial charge in [0.2, 0.25) is 0 Å². The first-order valence-electron chi connectivity index (χ1n) is 7.86. The minimum Gasteiger partial charge on any atom is -0.497 e. The molecule has 0 aliphatic carbocycles. The lowest BCUT2D eigenvalue weighted by molar-refractivity contribution is -0.0836. The van der Waals surface area contributed by atoms with Gasteiger partial charge in [-0.15, -0.1) is 0 Å². The van der Waals surface area contributed by atoms with Crippen LogP contribution in [0.3, 0.4) is 0 Å². The fourth-order valence-corrected chi connectivity index (χ4v) is 3.45. The number of likely N-dealkylation sites (tertiary alicyclic amines) is 1. The van der Waals surface area contributed by atoms with Gasteiger partial charge in [-0.25, -0.2) is 0 Å². The average molecular weight is 290 g/mol. The number of nitrogens with zero attached hydrogens (tertiary/aromatic N) is 2. The van der Waals surface area contributed by atoms with Crippen molar-refractivity contribution in [2.24, 2.45) is 0 Å². The van der Waals surface area contributed by atoms with Crippen LogP contribution in [0.15, 0.2) is 24.3 Å². The molecule has 4 nitrogen and oxygen atoms in total. The highest BCUT2D eigenvalue weighted by Gasteiger charge is 2.40. The summed E-state index contributed by atoms with van der Waals surface area (Å²) in [5, 5.41) is 0. The van der Waals surface area contributed by atoms with Crippen LogP contribution >= 0.6 is 0 Å². The first-order chi connectivity index (χ1) is 10.2. The predicted molar refractivity (Wildman–Crippen MR) is 83.7 cm³/mol. The maximum absolute atomic E-state index is 5.74. The Morgan fingerprint density at radius 1 is 1.14 bits per heavy atom. The largest absolute Gasteiger partial charge is 0.497 e. The van der Waals surface area contributed by atoms with Crippen molar-refractivity contribution in [1.82, 2.24) is 9.80 Å². The molecule has 21 heavy (non-hydrogen) atoms. The topological polar surface area (TPSA) is 24.9 Å². The first kappa shape index (κ1) is 14.8. The third kappa shape index (κ3) is 3.23. The highest BCUT2D eigenvalue weighted by molar-refractivity contribution is 5.27. The van der Waals surface area contributed by atoms with Crippen LogP contribution in [0, 0.1) is 0 Å². The van der Waals surface area contributed by atoms with Crippen LogP contribution in [0.4, 0.5) is 0 Å². The fourth-order valence-electron chi connectivity index (χ4n) is 3.45. The van der Waals surface area contributed by atoms with Gasteiger partial charge in [-0.1, -0.05) is 12.1 Å². The maximum Gasteiger partial charge on any atom is 0.118 e. The molecule has 2 saturated heterocycles. The Morgan fingerprint density at radius 2 is 1.86 bits per heavy atom. The van der Waals surface area contributed by atoms with E-state index >= 15 is 0 Å². The molecular weight excluding hydrogens is 264 g/mol. The van der Waals surface area contributed by atoms with Gasteiger partial charge in [0.05, 0.1) is 20.3 Å². The summed E-state index contributed by atoms with van der Waals surface area (Å²) in [5.74, 6) is 0.928. The molecule has 1 aromatic carbocycles. The zero-order chi connectivity index (χ0) is 14.7. The maximum atomic E-state index is 5.74. The molecule has 4 heteroatoms. The zero-order valence-corrected chi connectivity index (χ0v) is 13.2. The van der Waals surface area contributed by atoms with E-state index in [2.05, 4.69) is 29.0 Å². The Labute approximate surface area is 127 Å². The molecule has 0 N–H and O–H groups in total. The van der Waals surface area contributed by atoms with Crippen LogP contribution in [0.1, 0.15) is 18.4 Å². The van der Waals surface area contributed by atoms with E-state index in [9.17, 15) is 0 Å². The standard InChI is InChI=1S/C17H26N2O2/c1-18-11-12-21-14-17(18)7-9-19(10-8-17)13-15-3-5-16(20-2)6-4-15/h3-6H,7-14H2,1-2H3. The Hall–Kier alpha value is -1.10. The van der Waals surface area contributed by atoms with Crippen molar-refractivity contribution in [1.29, 1.82) is 0 Å². The second-order valence-corrected chi connectivity index (χ2v) is 6.32. The van der Waals surface area contributed by atoms with Gasteiger partial charge in [-0.3, -0.25) is 9.80 Å². The van der Waals surface area contributed by atoms with Gasteiger partial charge in [0.1, 0.15) is 5.75 Å². The number of piperidine rings is 1. The predicted octanol–water partition coefficient (Wildman–Crippen LogP) is 1.99. The zero-order valence-electron chi connectivity index (χ0n) is 13.2. The summed E-state index contributed by atoms with van der Waals surface area (Å²) < 4.78 is 11.0. The lowest BCUT2D eigenvalue weighted by Gasteiger charge is -2.49. The van der Waals surface area contributed by atoms with Gasteiger partial charge in [-0.05, 0) is 37.6 Å². The van der Waals surface area contributed by atoms with Gasteiger partial charge in [0, 0.05) is 31.7 Å². The van der Waals surface area contributed by atoms with Crippen molar-refractivity contribution in [3.05, 3.63) is 29.8 Å². The molecule has 2 heterocycles. The highest BCUT2D eigenvalue weighted by atomic mass is 16.5. The molecule has 0 radical (unpaired) electrons. The molecule has 2 aliphatic heterocycles. The van der Waals surface area contributed by atoms with Gasteiger partial charge >= 0.3 is 0 Å². The van der Waals surface area contributed by atoms with Gasteiger partial charge in [0.25, 0.3) is 0 Å². The Morgan fingerprint density at radius 3 is 2.48 bits per heavy atom. The molecule has 1 aromatic rings. The van der Waals surface area contributed by atoms with Crippen LogP contribution in [-0.2, 0) is 11.3 Å². The summed E-state index contributed by atoms with van der Waals surface area (Å²) in [4.78, 5) is 5.07. The van der Waals surface area contributed by atoms with Gasteiger partial charge in [-0.2, -0.15) is 0 Å². The number of likely N-dealkylation sites (N-methyl/N-ethyl adjacent to an activating group) is 1.